The largest absolute Gasteiger partial charge is 0.435 e. The predicted octanol–water partition coefficient (Wildman–Crippen LogP) is 2.42. The van der Waals surface area contributed by atoms with Crippen LogP contribution in [0.5, 0.6) is 0 Å². The van der Waals surface area contributed by atoms with E-state index in [0.717, 1.165) is 27.7 Å². The Balaban J connectivity index is 1.56. The molecule has 0 radical (unpaired) electrons. The van der Waals surface area contributed by atoms with E-state index < -0.39 is 17.8 Å². The lowest BCUT2D eigenvalue weighted by Gasteiger charge is -2.13. The van der Waals surface area contributed by atoms with Crippen molar-refractivity contribution in [2.75, 3.05) is 0 Å². The quantitative estimate of drug-likeness (QED) is 0.685. The van der Waals surface area contributed by atoms with Gasteiger partial charge in [-0.2, -0.15) is 23.4 Å². The third-order valence-electron chi connectivity index (χ3n) is 4.73. The number of nitrogens with zero attached hydrogens (tertiary/aromatic N) is 5. The maximum absolute atomic E-state index is 12.8. The lowest BCUT2D eigenvalue weighted by molar-refractivity contribution is -0.141. The molecule has 4 rings (SSSR count). The van der Waals surface area contributed by atoms with Crippen molar-refractivity contribution < 1.29 is 18.0 Å². The van der Waals surface area contributed by atoms with Gasteiger partial charge in [-0.3, -0.25) is 9.48 Å². The minimum Gasteiger partial charge on any atom is -0.344 e. The van der Waals surface area contributed by atoms with E-state index in [9.17, 15) is 18.0 Å². The average molecular weight is 400 g/mol. The molecule has 0 saturated carbocycles. The van der Waals surface area contributed by atoms with Crippen LogP contribution in [0, 0.1) is 12.3 Å². The van der Waals surface area contributed by atoms with Crippen LogP contribution in [0.4, 0.5) is 13.2 Å². The Hall–Kier alpha value is -3.61. The highest BCUT2D eigenvalue weighted by atomic mass is 19.4. The zero-order chi connectivity index (χ0) is 20.8. The number of alkyl halides is 3. The predicted molar refractivity (Wildman–Crippen MR) is 96.0 cm³/mol. The lowest BCUT2D eigenvalue weighted by atomic mass is 10.2. The highest BCUT2D eigenvalue weighted by Crippen LogP contribution is 2.32. The van der Waals surface area contributed by atoms with E-state index in [1.165, 1.54) is 7.05 Å². The molecule has 0 bridgehead atoms. The van der Waals surface area contributed by atoms with Crippen molar-refractivity contribution in [3.05, 3.63) is 58.9 Å². The van der Waals surface area contributed by atoms with E-state index in [1.54, 1.807) is 29.2 Å². The second-order valence-corrected chi connectivity index (χ2v) is 6.62. The topological polar surface area (TPSA) is 77.6 Å². The van der Waals surface area contributed by atoms with Gasteiger partial charge in [-0.05, 0) is 25.0 Å². The Labute approximate surface area is 163 Å². The first-order valence-electron chi connectivity index (χ1n) is 8.70. The first-order chi connectivity index (χ1) is 13.8. The smallest absolute Gasteiger partial charge is 0.344 e. The van der Waals surface area contributed by atoms with Gasteiger partial charge >= 0.3 is 6.18 Å². The van der Waals surface area contributed by atoms with Crippen LogP contribution in [0.25, 0.3) is 5.69 Å². The Morgan fingerprint density at radius 3 is 2.83 bits per heavy atom. The molecule has 3 aromatic rings. The van der Waals surface area contributed by atoms with Crippen LogP contribution in [-0.2, 0) is 19.6 Å². The van der Waals surface area contributed by atoms with Gasteiger partial charge in [-0.25, -0.2) is 9.67 Å². The van der Waals surface area contributed by atoms with E-state index in [-0.39, 0.29) is 11.7 Å². The molecule has 0 unspecified atom stereocenters. The highest BCUT2D eigenvalue weighted by molar-refractivity contribution is 5.93. The molecule has 1 atom stereocenters. The number of carbonyl (C=O) groups is 1. The van der Waals surface area contributed by atoms with E-state index in [2.05, 4.69) is 26.4 Å². The zero-order valence-electron chi connectivity index (χ0n) is 15.2. The van der Waals surface area contributed by atoms with Gasteiger partial charge in [0.15, 0.2) is 5.69 Å². The Bertz CT molecular complexity index is 1140. The molecule has 1 N–H and O–H groups in total. The molecule has 7 nitrogen and oxygen atoms in total. The SMILES string of the molecule is C#Cc1cc(-n2cc3c(n2)CC[C@@H]3NC(=O)c2cc(C(F)(F)F)nn2C)ccn1. The van der Waals surface area contributed by atoms with Gasteiger partial charge < -0.3 is 5.32 Å². The van der Waals surface area contributed by atoms with Crippen molar-refractivity contribution in [3.63, 3.8) is 0 Å². The highest BCUT2D eigenvalue weighted by Gasteiger charge is 2.36. The summed E-state index contributed by atoms with van der Waals surface area (Å²) in [5.74, 6) is 1.83. The van der Waals surface area contributed by atoms with E-state index in [0.29, 0.717) is 18.5 Å². The fourth-order valence-electron chi connectivity index (χ4n) is 3.32. The molecule has 0 aromatic carbocycles. The summed E-state index contributed by atoms with van der Waals surface area (Å²) in [7, 11) is 1.30. The number of halogens is 3. The first kappa shape index (κ1) is 18.7. The molecule has 1 aliphatic carbocycles. The Kier molecular flexibility index (Phi) is 4.38. The van der Waals surface area contributed by atoms with Crippen molar-refractivity contribution in [3.8, 4) is 18.0 Å². The molecular formula is C19H15F3N6O. The summed E-state index contributed by atoms with van der Waals surface area (Å²) in [6, 6.07) is 3.85. The van der Waals surface area contributed by atoms with Crippen LogP contribution < -0.4 is 5.32 Å². The first-order valence-corrected chi connectivity index (χ1v) is 8.70. The summed E-state index contributed by atoms with van der Waals surface area (Å²) in [5, 5.41) is 10.7. The van der Waals surface area contributed by atoms with Crippen LogP contribution in [0.1, 0.15) is 45.6 Å². The molecule has 148 valence electrons. The zero-order valence-corrected chi connectivity index (χ0v) is 15.2. The number of hydrogen-bond donors (Lipinski definition) is 1. The van der Waals surface area contributed by atoms with Crippen molar-refractivity contribution in [2.45, 2.75) is 25.1 Å². The van der Waals surface area contributed by atoms with Gasteiger partial charge in [0.05, 0.1) is 17.4 Å². The Morgan fingerprint density at radius 2 is 2.14 bits per heavy atom. The number of aryl methyl sites for hydroxylation is 2. The summed E-state index contributed by atoms with van der Waals surface area (Å²) >= 11 is 0. The van der Waals surface area contributed by atoms with Gasteiger partial charge in [0.1, 0.15) is 11.4 Å². The standard InChI is InChI=1S/C19H15F3N6O/c1-3-11-8-12(6-7-23-11)28-10-13-14(4-5-15(13)25-28)24-18(29)16-9-17(19(20,21)22)26-27(16)2/h1,6-10,14H,4-5H2,2H3,(H,24,29)/t14-/m0/s1. The number of nitrogens with one attached hydrogen (secondary N) is 1. The summed E-state index contributed by atoms with van der Waals surface area (Å²) in [4.78, 5) is 16.6. The monoisotopic (exact) mass is 400 g/mol. The number of rotatable bonds is 3. The number of hydrogen-bond acceptors (Lipinski definition) is 4. The lowest BCUT2D eigenvalue weighted by Crippen LogP contribution is -2.28. The molecule has 10 heteroatoms. The summed E-state index contributed by atoms with van der Waals surface area (Å²) < 4.78 is 41.1. The van der Waals surface area contributed by atoms with Gasteiger partial charge in [-0.15, -0.1) is 6.42 Å². The second-order valence-electron chi connectivity index (χ2n) is 6.62. The molecule has 3 heterocycles. The minimum atomic E-state index is -4.61. The fourth-order valence-corrected chi connectivity index (χ4v) is 3.32. The molecule has 1 aliphatic rings. The van der Waals surface area contributed by atoms with Crippen LogP contribution in [0.2, 0.25) is 0 Å². The minimum absolute atomic E-state index is 0.161. The van der Waals surface area contributed by atoms with Crippen LogP contribution in [0.3, 0.4) is 0 Å². The van der Waals surface area contributed by atoms with Gasteiger partial charge in [0.25, 0.3) is 5.91 Å². The Morgan fingerprint density at radius 1 is 1.34 bits per heavy atom. The second kappa shape index (κ2) is 6.77. The number of pyridine rings is 1. The molecule has 29 heavy (non-hydrogen) atoms. The van der Waals surface area contributed by atoms with Crippen LogP contribution >= 0.6 is 0 Å². The van der Waals surface area contributed by atoms with Gasteiger partial charge in [-0.1, -0.05) is 5.92 Å². The molecule has 0 saturated heterocycles. The number of terminal acetylenes is 1. The maximum atomic E-state index is 12.8. The molecule has 0 fully saturated rings. The molecule has 0 spiro atoms. The summed E-state index contributed by atoms with van der Waals surface area (Å²) in [6.45, 7) is 0. The fraction of sp³-hybridized carbons (Fsp3) is 0.263. The number of amides is 1. The molecular weight excluding hydrogens is 385 g/mol. The van der Waals surface area contributed by atoms with Crippen LogP contribution in [0.15, 0.2) is 30.6 Å². The van der Waals surface area contributed by atoms with Crippen LogP contribution in [-0.4, -0.2) is 30.5 Å². The normalized spacial score (nSPS) is 15.8. The van der Waals surface area contributed by atoms with Gasteiger partial charge in [0.2, 0.25) is 0 Å². The van der Waals surface area contributed by atoms with E-state index >= 15 is 0 Å². The molecule has 3 aromatic heterocycles. The number of fused-ring (bicyclic) bond motifs is 1. The van der Waals surface area contributed by atoms with Crippen molar-refractivity contribution in [2.24, 2.45) is 7.05 Å². The van der Waals surface area contributed by atoms with E-state index in [1.807, 2.05) is 0 Å². The third kappa shape index (κ3) is 3.47. The average Bonchev–Trinajstić information content (AvgIpc) is 3.36. The molecule has 1 amide bonds. The van der Waals surface area contributed by atoms with Crippen molar-refractivity contribution in [1.82, 2.24) is 29.9 Å². The van der Waals surface area contributed by atoms with E-state index in [4.69, 9.17) is 6.42 Å². The molecule has 0 aliphatic heterocycles. The maximum Gasteiger partial charge on any atom is 0.435 e. The number of aromatic nitrogens is 5. The number of carbonyl (C=O) groups excluding carboxylic acids is 1. The van der Waals surface area contributed by atoms with Crippen molar-refractivity contribution >= 4 is 5.91 Å². The summed E-state index contributed by atoms with van der Waals surface area (Å²) in [5.41, 5.74) is 1.57. The third-order valence-corrected chi connectivity index (χ3v) is 4.73. The van der Waals surface area contributed by atoms with Gasteiger partial charge in [0, 0.05) is 31.1 Å². The summed E-state index contributed by atoms with van der Waals surface area (Å²) in [6.07, 6.45) is 5.38. The van der Waals surface area contributed by atoms with Crippen molar-refractivity contribution in [1.29, 1.82) is 0 Å².